The maximum absolute atomic E-state index is 11.0. The fourth-order valence-corrected chi connectivity index (χ4v) is 2.25. The van der Waals surface area contributed by atoms with Gasteiger partial charge in [0.2, 0.25) is 0 Å². The number of carbonyl (C=O) groups excluding carboxylic acids is 1. The number of benzene rings is 2. The summed E-state index contributed by atoms with van der Waals surface area (Å²) in [4.78, 5) is 11.0. The highest BCUT2D eigenvalue weighted by Gasteiger charge is 2.06. The van der Waals surface area contributed by atoms with Crippen LogP contribution in [0.2, 0.25) is 0 Å². The van der Waals surface area contributed by atoms with Gasteiger partial charge in [0.15, 0.2) is 5.78 Å². The zero-order chi connectivity index (χ0) is 19.7. The van der Waals surface area contributed by atoms with Crippen LogP contribution in [0.4, 0.5) is 0 Å². The predicted octanol–water partition coefficient (Wildman–Crippen LogP) is 2.63. The van der Waals surface area contributed by atoms with Crippen molar-refractivity contribution in [1.29, 1.82) is 0 Å². The molecule has 6 nitrogen and oxygen atoms in total. The number of ether oxygens (including phenoxy) is 2. The molecular formula is C20H26O6. The molecule has 0 aliphatic rings. The molecule has 0 aliphatic heterocycles. The third-order valence-corrected chi connectivity index (χ3v) is 3.83. The number of rotatable bonds is 6. The fourth-order valence-electron chi connectivity index (χ4n) is 2.25. The standard InChI is InChI=1S/C10H14O3.C10H12O3/c2*1-7(12)8-3-4-9(6-11)10(5-8)13-2/h3-5,7,11-12H,6H2,1-2H3;3-5,11H,6H2,1-2H3. The molecular weight excluding hydrogens is 336 g/mol. The Morgan fingerprint density at radius 1 is 0.962 bits per heavy atom. The van der Waals surface area contributed by atoms with Gasteiger partial charge in [0.1, 0.15) is 11.5 Å². The minimum atomic E-state index is -0.512. The molecule has 26 heavy (non-hydrogen) atoms. The van der Waals surface area contributed by atoms with E-state index in [-0.39, 0.29) is 19.0 Å². The second-order valence-corrected chi connectivity index (χ2v) is 5.65. The Kier molecular flexibility index (Phi) is 8.78. The van der Waals surface area contributed by atoms with Gasteiger partial charge in [-0.05, 0) is 31.5 Å². The second kappa shape index (κ2) is 10.6. The van der Waals surface area contributed by atoms with Crippen LogP contribution in [0.5, 0.6) is 11.5 Å². The van der Waals surface area contributed by atoms with Gasteiger partial charge in [-0.1, -0.05) is 24.3 Å². The SMILES string of the molecule is COc1cc(C(C)=O)ccc1CO.COc1cc(C(C)O)ccc1CO. The summed E-state index contributed by atoms with van der Waals surface area (Å²) in [5.41, 5.74) is 2.79. The van der Waals surface area contributed by atoms with E-state index in [9.17, 15) is 9.90 Å². The minimum absolute atomic E-state index is 0.0113. The molecule has 2 aromatic rings. The zero-order valence-electron chi connectivity index (χ0n) is 15.5. The van der Waals surface area contributed by atoms with Crippen molar-refractivity contribution in [3.63, 3.8) is 0 Å². The number of Topliss-reactive ketones (excluding diaryl/α,β-unsaturated/α-hetero) is 1. The van der Waals surface area contributed by atoms with E-state index in [0.717, 1.165) is 11.1 Å². The van der Waals surface area contributed by atoms with Gasteiger partial charge in [-0.3, -0.25) is 4.79 Å². The Morgan fingerprint density at radius 2 is 1.46 bits per heavy atom. The molecule has 0 saturated carbocycles. The number of aliphatic hydroxyl groups excluding tert-OH is 3. The lowest BCUT2D eigenvalue weighted by Gasteiger charge is -2.10. The lowest BCUT2D eigenvalue weighted by molar-refractivity contribution is 0.101. The maximum Gasteiger partial charge on any atom is 0.159 e. The summed E-state index contributed by atoms with van der Waals surface area (Å²) in [7, 11) is 3.05. The van der Waals surface area contributed by atoms with E-state index in [4.69, 9.17) is 19.7 Å². The number of ketones is 1. The normalized spacial score (nSPS) is 11.2. The molecule has 2 aromatic carbocycles. The van der Waals surface area contributed by atoms with Crippen molar-refractivity contribution in [2.75, 3.05) is 14.2 Å². The lowest BCUT2D eigenvalue weighted by atomic mass is 10.1. The van der Waals surface area contributed by atoms with E-state index in [1.165, 1.54) is 14.0 Å². The van der Waals surface area contributed by atoms with Gasteiger partial charge in [-0.2, -0.15) is 0 Å². The molecule has 0 aromatic heterocycles. The highest BCUT2D eigenvalue weighted by atomic mass is 16.5. The zero-order valence-corrected chi connectivity index (χ0v) is 15.5. The Balaban J connectivity index is 0.000000260. The largest absolute Gasteiger partial charge is 0.496 e. The van der Waals surface area contributed by atoms with E-state index in [2.05, 4.69) is 0 Å². The van der Waals surface area contributed by atoms with Crippen LogP contribution >= 0.6 is 0 Å². The van der Waals surface area contributed by atoms with Crippen LogP contribution in [0, 0.1) is 0 Å². The van der Waals surface area contributed by atoms with E-state index >= 15 is 0 Å². The molecule has 0 aliphatic carbocycles. The predicted molar refractivity (Wildman–Crippen MR) is 98.5 cm³/mol. The molecule has 0 heterocycles. The number of hydrogen-bond acceptors (Lipinski definition) is 6. The Bertz CT molecular complexity index is 724. The molecule has 3 N–H and O–H groups in total. The average Bonchev–Trinajstić information content (AvgIpc) is 2.66. The first-order valence-electron chi connectivity index (χ1n) is 8.12. The molecule has 0 spiro atoms. The third-order valence-electron chi connectivity index (χ3n) is 3.83. The van der Waals surface area contributed by atoms with Crippen molar-refractivity contribution >= 4 is 5.78 Å². The summed E-state index contributed by atoms with van der Waals surface area (Å²) >= 11 is 0. The van der Waals surface area contributed by atoms with Gasteiger partial charge in [0.25, 0.3) is 0 Å². The van der Waals surface area contributed by atoms with Crippen molar-refractivity contribution in [3.05, 3.63) is 58.7 Å². The summed E-state index contributed by atoms with van der Waals surface area (Å²) in [6, 6.07) is 10.3. The van der Waals surface area contributed by atoms with Crippen LogP contribution in [0.15, 0.2) is 36.4 Å². The van der Waals surface area contributed by atoms with Gasteiger partial charge in [0, 0.05) is 16.7 Å². The van der Waals surface area contributed by atoms with Gasteiger partial charge in [-0.15, -0.1) is 0 Å². The topological polar surface area (TPSA) is 96.2 Å². The van der Waals surface area contributed by atoms with Crippen molar-refractivity contribution in [2.45, 2.75) is 33.2 Å². The lowest BCUT2D eigenvalue weighted by Crippen LogP contribution is -1.97. The summed E-state index contributed by atoms with van der Waals surface area (Å²) in [5, 5.41) is 27.1. The number of aliphatic hydroxyl groups is 3. The first kappa shape index (κ1) is 21.6. The van der Waals surface area contributed by atoms with Crippen molar-refractivity contribution in [2.24, 2.45) is 0 Å². The average molecular weight is 362 g/mol. The highest BCUT2D eigenvalue weighted by molar-refractivity contribution is 5.94. The quantitative estimate of drug-likeness (QED) is 0.684. The third kappa shape index (κ3) is 5.84. The van der Waals surface area contributed by atoms with Crippen LogP contribution in [-0.2, 0) is 13.2 Å². The van der Waals surface area contributed by atoms with Crippen molar-refractivity contribution in [3.8, 4) is 11.5 Å². The first-order chi connectivity index (χ1) is 12.4. The number of methoxy groups -OCH3 is 2. The maximum atomic E-state index is 11.0. The van der Waals surface area contributed by atoms with E-state index in [1.54, 1.807) is 50.4 Å². The van der Waals surface area contributed by atoms with Gasteiger partial charge < -0.3 is 24.8 Å². The van der Waals surface area contributed by atoms with Gasteiger partial charge in [0.05, 0.1) is 33.5 Å². The van der Waals surface area contributed by atoms with Crippen LogP contribution < -0.4 is 9.47 Å². The molecule has 142 valence electrons. The molecule has 0 radical (unpaired) electrons. The van der Waals surface area contributed by atoms with E-state index in [0.29, 0.717) is 22.6 Å². The minimum Gasteiger partial charge on any atom is -0.496 e. The Morgan fingerprint density at radius 3 is 1.88 bits per heavy atom. The highest BCUT2D eigenvalue weighted by Crippen LogP contribution is 2.23. The van der Waals surface area contributed by atoms with Gasteiger partial charge in [-0.25, -0.2) is 0 Å². The summed E-state index contributed by atoms with van der Waals surface area (Å²) in [5.74, 6) is 1.15. The molecule has 0 saturated heterocycles. The molecule has 6 heteroatoms. The molecule has 0 amide bonds. The summed E-state index contributed by atoms with van der Waals surface area (Å²) in [6.45, 7) is 3.05. The first-order valence-corrected chi connectivity index (χ1v) is 8.12. The number of carbonyl (C=O) groups is 1. The molecule has 0 fully saturated rings. The second-order valence-electron chi connectivity index (χ2n) is 5.65. The molecule has 2 rings (SSSR count). The van der Waals surface area contributed by atoms with Gasteiger partial charge >= 0.3 is 0 Å². The van der Waals surface area contributed by atoms with E-state index < -0.39 is 6.10 Å². The fraction of sp³-hybridized carbons (Fsp3) is 0.350. The molecule has 0 bridgehead atoms. The summed E-state index contributed by atoms with van der Waals surface area (Å²) in [6.07, 6.45) is -0.512. The van der Waals surface area contributed by atoms with Crippen molar-refractivity contribution < 1.29 is 29.6 Å². The van der Waals surface area contributed by atoms with Crippen LogP contribution in [0.1, 0.15) is 47.0 Å². The van der Waals surface area contributed by atoms with Crippen LogP contribution in [-0.4, -0.2) is 35.3 Å². The Labute approximate surface area is 153 Å². The van der Waals surface area contributed by atoms with Crippen LogP contribution in [0.25, 0.3) is 0 Å². The Hall–Kier alpha value is -2.41. The van der Waals surface area contributed by atoms with Crippen molar-refractivity contribution in [1.82, 2.24) is 0 Å². The molecule has 1 unspecified atom stereocenters. The monoisotopic (exact) mass is 362 g/mol. The number of hydrogen-bond donors (Lipinski definition) is 3. The smallest absolute Gasteiger partial charge is 0.159 e. The van der Waals surface area contributed by atoms with Crippen LogP contribution in [0.3, 0.4) is 0 Å². The molecule has 1 atom stereocenters. The van der Waals surface area contributed by atoms with E-state index in [1.807, 2.05) is 0 Å². The summed E-state index contributed by atoms with van der Waals surface area (Å²) < 4.78 is 10.1.